The molecule has 0 bridgehead atoms. The molecule has 3 heteroatoms. The van der Waals surface area contributed by atoms with Gasteiger partial charge in [0, 0.05) is 33.2 Å². The molecule has 0 aliphatic heterocycles. The van der Waals surface area contributed by atoms with Gasteiger partial charge in [0.2, 0.25) is 0 Å². The van der Waals surface area contributed by atoms with E-state index in [1.807, 2.05) is 6.07 Å². The third-order valence-corrected chi connectivity index (χ3v) is 13.2. The van der Waals surface area contributed by atoms with E-state index in [-0.39, 0.29) is 0 Å². The highest BCUT2D eigenvalue weighted by Gasteiger charge is 2.22. The number of hydrogen-bond donors (Lipinski definition) is 0. The van der Waals surface area contributed by atoms with Gasteiger partial charge >= 0.3 is 0 Å². The Morgan fingerprint density at radius 1 is 0.292 bits per heavy atom. The molecule has 65 heavy (non-hydrogen) atoms. The first-order chi connectivity index (χ1) is 32.3. The van der Waals surface area contributed by atoms with Gasteiger partial charge in [0.25, 0.3) is 0 Å². The molecule has 2 aromatic heterocycles. The second-order valence-electron chi connectivity index (χ2n) is 16.8. The fourth-order valence-corrected chi connectivity index (χ4v) is 10.3. The smallest absolute Gasteiger partial charge is 0.160 e. The van der Waals surface area contributed by atoms with Crippen LogP contribution in [0.25, 0.3) is 127 Å². The first-order valence-electron chi connectivity index (χ1n) is 22.2. The van der Waals surface area contributed by atoms with Gasteiger partial charge in [-0.15, -0.1) is 0 Å². The maximum atomic E-state index is 5.37. The van der Waals surface area contributed by atoms with Gasteiger partial charge in [-0.25, -0.2) is 9.97 Å². The van der Waals surface area contributed by atoms with Crippen molar-refractivity contribution in [1.82, 2.24) is 14.5 Å². The SMILES string of the molecule is c1ccc(-c2nc(-c3ccc4c(c3)c3ccccc3n4-c3ccccc3)cc(-c3ccc(-c4c5ccccc5c(-c5ccccc5)c5c4ccc4ccccc45)c4ccccc34)n2)cc1. The zero-order chi connectivity index (χ0) is 42.8. The van der Waals surface area contributed by atoms with E-state index in [4.69, 9.17) is 9.97 Å². The van der Waals surface area contributed by atoms with Crippen LogP contribution in [0.4, 0.5) is 0 Å². The normalized spacial score (nSPS) is 11.7. The van der Waals surface area contributed by atoms with Crippen molar-refractivity contribution in [3.8, 4) is 61.8 Å². The number of benzene rings is 11. The number of para-hydroxylation sites is 2. The molecular weight excluding hydrogens is 787 g/mol. The van der Waals surface area contributed by atoms with Crippen LogP contribution in [0, 0.1) is 0 Å². The second kappa shape index (κ2) is 15.0. The van der Waals surface area contributed by atoms with E-state index in [0.29, 0.717) is 5.82 Å². The van der Waals surface area contributed by atoms with Gasteiger partial charge in [-0.3, -0.25) is 0 Å². The molecule has 0 spiro atoms. The molecule has 0 saturated carbocycles. The minimum Gasteiger partial charge on any atom is -0.309 e. The summed E-state index contributed by atoms with van der Waals surface area (Å²) in [4.78, 5) is 10.7. The van der Waals surface area contributed by atoms with Crippen molar-refractivity contribution in [3.63, 3.8) is 0 Å². The molecule has 0 N–H and O–H groups in total. The first-order valence-corrected chi connectivity index (χ1v) is 22.2. The van der Waals surface area contributed by atoms with Crippen molar-refractivity contribution in [3.05, 3.63) is 237 Å². The predicted octanol–water partition coefficient (Wildman–Crippen LogP) is 16.5. The molecule has 0 fully saturated rings. The average molecular weight is 826 g/mol. The van der Waals surface area contributed by atoms with Crippen LogP contribution in [0.5, 0.6) is 0 Å². The Bertz CT molecular complexity index is 3980. The summed E-state index contributed by atoms with van der Waals surface area (Å²) < 4.78 is 2.35. The topological polar surface area (TPSA) is 30.7 Å². The van der Waals surface area contributed by atoms with Crippen molar-refractivity contribution in [2.24, 2.45) is 0 Å². The molecule has 13 rings (SSSR count). The summed E-state index contributed by atoms with van der Waals surface area (Å²) in [5, 5.41) is 12.2. The second-order valence-corrected chi connectivity index (χ2v) is 16.8. The van der Waals surface area contributed by atoms with Gasteiger partial charge in [0.15, 0.2) is 5.82 Å². The molecule has 0 unspecified atom stereocenters. The quantitative estimate of drug-likeness (QED) is 0.123. The lowest BCUT2D eigenvalue weighted by Gasteiger charge is -2.21. The molecule has 13 aromatic rings. The highest BCUT2D eigenvalue weighted by atomic mass is 15.0. The Morgan fingerprint density at radius 2 is 0.846 bits per heavy atom. The van der Waals surface area contributed by atoms with E-state index in [0.717, 1.165) is 44.7 Å². The van der Waals surface area contributed by atoms with E-state index in [9.17, 15) is 0 Å². The standard InChI is InChI=1S/C62H39N3/c1-4-19-41(20-5-1)59-50-29-14-15-30-51(50)60(53-34-32-40-18-10-11-25-45(40)61(53)59)52-36-35-48(46-26-12-13-27-47(46)52)56-39-55(63-62(64-56)42-21-6-2-7-22-42)43-33-37-58-54(38-43)49-28-16-17-31-57(49)65(58)44-23-8-3-9-24-44/h1-39H. The summed E-state index contributed by atoms with van der Waals surface area (Å²) in [5.74, 6) is 0.693. The lowest BCUT2D eigenvalue weighted by atomic mass is 9.82. The average Bonchev–Trinajstić information content (AvgIpc) is 3.72. The fourth-order valence-electron chi connectivity index (χ4n) is 10.3. The number of aromatic nitrogens is 3. The van der Waals surface area contributed by atoms with Crippen LogP contribution in [0.3, 0.4) is 0 Å². The highest BCUT2D eigenvalue weighted by Crippen LogP contribution is 2.48. The van der Waals surface area contributed by atoms with Crippen LogP contribution in [-0.2, 0) is 0 Å². The van der Waals surface area contributed by atoms with Crippen LogP contribution < -0.4 is 0 Å². The summed E-state index contributed by atoms with van der Waals surface area (Å²) in [7, 11) is 0. The molecule has 0 radical (unpaired) electrons. The van der Waals surface area contributed by atoms with Crippen LogP contribution in [0.1, 0.15) is 0 Å². The Balaban J connectivity index is 1.05. The third-order valence-electron chi connectivity index (χ3n) is 13.2. The van der Waals surface area contributed by atoms with Gasteiger partial charge < -0.3 is 4.57 Å². The monoisotopic (exact) mass is 825 g/mol. The predicted molar refractivity (Wildman–Crippen MR) is 274 cm³/mol. The Hall–Kier alpha value is -8.66. The maximum absolute atomic E-state index is 5.37. The highest BCUT2D eigenvalue weighted by molar-refractivity contribution is 6.29. The number of rotatable bonds is 6. The number of hydrogen-bond acceptors (Lipinski definition) is 2. The molecule has 0 saturated heterocycles. The van der Waals surface area contributed by atoms with Gasteiger partial charge in [-0.2, -0.15) is 0 Å². The lowest BCUT2D eigenvalue weighted by molar-refractivity contribution is 1.18. The van der Waals surface area contributed by atoms with Crippen LogP contribution in [0.15, 0.2) is 237 Å². The van der Waals surface area contributed by atoms with Gasteiger partial charge in [-0.05, 0) is 102 Å². The van der Waals surface area contributed by atoms with Crippen molar-refractivity contribution in [2.75, 3.05) is 0 Å². The number of fused-ring (bicyclic) bond motifs is 8. The zero-order valence-electron chi connectivity index (χ0n) is 35.4. The Morgan fingerprint density at radius 3 is 1.60 bits per heavy atom. The van der Waals surface area contributed by atoms with E-state index < -0.39 is 0 Å². The number of nitrogens with zero attached hydrogens (tertiary/aromatic N) is 3. The van der Waals surface area contributed by atoms with Gasteiger partial charge in [-0.1, -0.05) is 200 Å². The molecule has 0 atom stereocenters. The first kappa shape index (κ1) is 36.9. The zero-order valence-corrected chi connectivity index (χ0v) is 35.4. The van der Waals surface area contributed by atoms with E-state index in [1.54, 1.807) is 0 Å². The summed E-state index contributed by atoms with van der Waals surface area (Å²) in [6.07, 6.45) is 0. The van der Waals surface area contributed by atoms with Gasteiger partial charge in [0.1, 0.15) is 0 Å². The summed E-state index contributed by atoms with van der Waals surface area (Å²) in [6, 6.07) is 85.2. The minimum atomic E-state index is 0.693. The molecule has 3 nitrogen and oxygen atoms in total. The van der Waals surface area contributed by atoms with Crippen molar-refractivity contribution in [2.45, 2.75) is 0 Å². The molecule has 0 amide bonds. The molecule has 302 valence electrons. The van der Waals surface area contributed by atoms with Crippen LogP contribution in [0.2, 0.25) is 0 Å². The molecule has 0 aliphatic carbocycles. The third kappa shape index (κ3) is 5.97. The van der Waals surface area contributed by atoms with Crippen LogP contribution >= 0.6 is 0 Å². The van der Waals surface area contributed by atoms with Crippen molar-refractivity contribution < 1.29 is 0 Å². The van der Waals surface area contributed by atoms with Crippen LogP contribution in [-0.4, -0.2) is 14.5 Å². The minimum absolute atomic E-state index is 0.693. The largest absolute Gasteiger partial charge is 0.309 e. The molecule has 11 aromatic carbocycles. The van der Waals surface area contributed by atoms with E-state index in [2.05, 4.69) is 235 Å². The molecule has 2 heterocycles. The van der Waals surface area contributed by atoms with E-state index in [1.165, 1.54) is 76.2 Å². The summed E-state index contributed by atoms with van der Waals surface area (Å²) in [6.45, 7) is 0. The maximum Gasteiger partial charge on any atom is 0.160 e. The molecular formula is C62H39N3. The Kier molecular flexibility index (Phi) is 8.53. The van der Waals surface area contributed by atoms with Gasteiger partial charge in [0.05, 0.1) is 22.4 Å². The lowest BCUT2D eigenvalue weighted by Crippen LogP contribution is -1.97. The molecule has 0 aliphatic rings. The Labute approximate surface area is 376 Å². The van der Waals surface area contributed by atoms with E-state index >= 15 is 0 Å². The summed E-state index contributed by atoms with van der Waals surface area (Å²) >= 11 is 0. The van der Waals surface area contributed by atoms with Crippen molar-refractivity contribution in [1.29, 1.82) is 0 Å². The summed E-state index contributed by atoms with van der Waals surface area (Å²) in [5.41, 5.74) is 13.2. The van der Waals surface area contributed by atoms with Crippen molar-refractivity contribution >= 4 is 64.9 Å². The fraction of sp³-hybridized carbons (Fsp3) is 0.